The van der Waals surface area contributed by atoms with Gasteiger partial charge in [0.2, 0.25) is 0 Å². The van der Waals surface area contributed by atoms with Gasteiger partial charge in [-0.3, -0.25) is 0 Å². The third kappa shape index (κ3) is 3.96. The highest BCUT2D eigenvalue weighted by Crippen LogP contribution is 2.24. The Balaban J connectivity index is 2.02. The topological polar surface area (TPSA) is 34.2 Å². The molecule has 3 nitrogen and oxygen atoms in total. The number of nitrogens with one attached hydrogen (secondary N) is 1. The SMILES string of the molecule is CCc1ccc(CNc2ncccc2OC(C)C)s1. The van der Waals surface area contributed by atoms with Crippen molar-refractivity contribution in [1.82, 2.24) is 4.98 Å². The fraction of sp³-hybridized carbons (Fsp3) is 0.400. The Labute approximate surface area is 118 Å². The first kappa shape index (κ1) is 13.9. The van der Waals surface area contributed by atoms with E-state index in [0.29, 0.717) is 0 Å². The zero-order chi connectivity index (χ0) is 13.7. The molecule has 0 spiro atoms. The summed E-state index contributed by atoms with van der Waals surface area (Å²) in [5, 5.41) is 3.35. The molecule has 0 aliphatic rings. The van der Waals surface area contributed by atoms with Crippen molar-refractivity contribution in [2.24, 2.45) is 0 Å². The predicted octanol–water partition coefficient (Wildman–Crippen LogP) is 4.10. The second kappa shape index (κ2) is 6.57. The maximum absolute atomic E-state index is 5.74. The number of rotatable bonds is 6. The molecule has 0 saturated heterocycles. The molecular weight excluding hydrogens is 256 g/mol. The Morgan fingerprint density at radius 3 is 2.74 bits per heavy atom. The van der Waals surface area contributed by atoms with Crippen molar-refractivity contribution >= 4 is 17.2 Å². The van der Waals surface area contributed by atoms with Gasteiger partial charge in [-0.2, -0.15) is 0 Å². The summed E-state index contributed by atoms with van der Waals surface area (Å²) in [5.41, 5.74) is 0. The Hall–Kier alpha value is -1.55. The van der Waals surface area contributed by atoms with Crippen LogP contribution in [0.25, 0.3) is 0 Å². The number of aryl methyl sites for hydroxylation is 1. The number of aromatic nitrogens is 1. The minimum absolute atomic E-state index is 0.151. The van der Waals surface area contributed by atoms with Crippen LogP contribution in [0.4, 0.5) is 5.82 Å². The number of nitrogens with zero attached hydrogens (tertiary/aromatic N) is 1. The average Bonchev–Trinajstić information content (AvgIpc) is 2.85. The predicted molar refractivity (Wildman–Crippen MR) is 81.0 cm³/mol. The first-order valence-electron chi connectivity index (χ1n) is 6.62. The van der Waals surface area contributed by atoms with Crippen LogP contribution in [0.5, 0.6) is 5.75 Å². The number of hydrogen-bond donors (Lipinski definition) is 1. The summed E-state index contributed by atoms with van der Waals surface area (Å²) in [7, 11) is 0. The molecule has 1 N–H and O–H groups in total. The summed E-state index contributed by atoms with van der Waals surface area (Å²) in [6.07, 6.45) is 3.02. The summed E-state index contributed by atoms with van der Waals surface area (Å²) >= 11 is 1.84. The summed E-state index contributed by atoms with van der Waals surface area (Å²) in [4.78, 5) is 7.07. The lowest BCUT2D eigenvalue weighted by Crippen LogP contribution is -2.09. The van der Waals surface area contributed by atoms with Gasteiger partial charge < -0.3 is 10.1 Å². The highest BCUT2D eigenvalue weighted by Gasteiger charge is 2.06. The van der Waals surface area contributed by atoms with E-state index in [2.05, 4.69) is 29.4 Å². The van der Waals surface area contributed by atoms with Gasteiger partial charge in [-0.05, 0) is 44.5 Å². The number of pyridine rings is 1. The van der Waals surface area contributed by atoms with Crippen molar-refractivity contribution in [3.05, 3.63) is 40.2 Å². The van der Waals surface area contributed by atoms with Gasteiger partial charge >= 0.3 is 0 Å². The molecule has 0 aliphatic heterocycles. The summed E-state index contributed by atoms with van der Waals surface area (Å²) in [6.45, 7) is 7.00. The highest BCUT2D eigenvalue weighted by molar-refractivity contribution is 7.12. The zero-order valence-corrected chi connectivity index (χ0v) is 12.5. The van der Waals surface area contributed by atoms with Crippen LogP contribution in [-0.4, -0.2) is 11.1 Å². The quantitative estimate of drug-likeness (QED) is 0.862. The average molecular weight is 276 g/mol. The highest BCUT2D eigenvalue weighted by atomic mass is 32.1. The van der Waals surface area contributed by atoms with Gasteiger partial charge in [-0.1, -0.05) is 6.92 Å². The lowest BCUT2D eigenvalue weighted by molar-refractivity contribution is 0.243. The molecule has 0 amide bonds. The molecule has 0 saturated carbocycles. The molecule has 2 aromatic heterocycles. The van der Waals surface area contributed by atoms with Crippen molar-refractivity contribution in [3.63, 3.8) is 0 Å². The Morgan fingerprint density at radius 2 is 2.05 bits per heavy atom. The molecule has 0 unspecified atom stereocenters. The van der Waals surface area contributed by atoms with Crippen molar-refractivity contribution in [2.45, 2.75) is 39.8 Å². The second-order valence-electron chi connectivity index (χ2n) is 4.59. The zero-order valence-electron chi connectivity index (χ0n) is 11.6. The summed E-state index contributed by atoms with van der Waals surface area (Å²) < 4.78 is 5.74. The number of thiophene rings is 1. The maximum Gasteiger partial charge on any atom is 0.169 e. The van der Waals surface area contributed by atoms with E-state index >= 15 is 0 Å². The van der Waals surface area contributed by atoms with E-state index in [0.717, 1.165) is 24.5 Å². The molecule has 2 heterocycles. The van der Waals surface area contributed by atoms with Crippen LogP contribution in [0.3, 0.4) is 0 Å². The minimum atomic E-state index is 0.151. The Bertz CT molecular complexity index is 522. The van der Waals surface area contributed by atoms with Crippen LogP contribution in [0.15, 0.2) is 30.5 Å². The van der Waals surface area contributed by atoms with Crippen LogP contribution >= 0.6 is 11.3 Å². The van der Waals surface area contributed by atoms with Crippen LogP contribution in [-0.2, 0) is 13.0 Å². The molecule has 2 rings (SSSR count). The third-order valence-electron chi connectivity index (χ3n) is 2.63. The standard InChI is InChI=1S/C15H20N2OS/c1-4-12-7-8-13(19-12)10-17-15-14(18-11(2)3)6-5-9-16-15/h5-9,11H,4,10H2,1-3H3,(H,16,17). The van der Waals surface area contributed by atoms with Gasteiger partial charge in [0.05, 0.1) is 12.6 Å². The Kier molecular flexibility index (Phi) is 4.80. The van der Waals surface area contributed by atoms with Crippen molar-refractivity contribution < 1.29 is 4.74 Å². The molecule has 0 aromatic carbocycles. The van der Waals surface area contributed by atoms with E-state index in [4.69, 9.17) is 4.74 Å². The molecule has 0 bridgehead atoms. The van der Waals surface area contributed by atoms with Gasteiger partial charge in [0.25, 0.3) is 0 Å². The fourth-order valence-corrected chi connectivity index (χ4v) is 2.65. The summed E-state index contributed by atoms with van der Waals surface area (Å²) in [6, 6.07) is 8.19. The minimum Gasteiger partial charge on any atom is -0.487 e. The normalized spacial score (nSPS) is 10.7. The van der Waals surface area contributed by atoms with Crippen molar-refractivity contribution in [3.8, 4) is 5.75 Å². The first-order chi connectivity index (χ1) is 9.19. The smallest absolute Gasteiger partial charge is 0.169 e. The first-order valence-corrected chi connectivity index (χ1v) is 7.43. The van der Waals surface area contributed by atoms with E-state index in [1.165, 1.54) is 9.75 Å². The van der Waals surface area contributed by atoms with Gasteiger partial charge in [0.15, 0.2) is 11.6 Å². The molecule has 0 radical (unpaired) electrons. The molecule has 19 heavy (non-hydrogen) atoms. The number of hydrogen-bond acceptors (Lipinski definition) is 4. The monoisotopic (exact) mass is 276 g/mol. The van der Waals surface area contributed by atoms with Gasteiger partial charge in [0.1, 0.15) is 0 Å². The lowest BCUT2D eigenvalue weighted by atomic mass is 10.3. The molecule has 2 aromatic rings. The number of anilines is 1. The molecule has 0 atom stereocenters. The van der Waals surface area contributed by atoms with Crippen LogP contribution < -0.4 is 10.1 Å². The second-order valence-corrected chi connectivity index (χ2v) is 5.84. The third-order valence-corrected chi connectivity index (χ3v) is 3.86. The maximum atomic E-state index is 5.74. The largest absolute Gasteiger partial charge is 0.487 e. The Morgan fingerprint density at radius 1 is 1.26 bits per heavy atom. The molecular formula is C15H20N2OS. The van der Waals surface area contributed by atoms with E-state index in [1.54, 1.807) is 6.20 Å². The molecule has 0 aliphatic carbocycles. The van der Waals surface area contributed by atoms with Crippen molar-refractivity contribution in [2.75, 3.05) is 5.32 Å². The van der Waals surface area contributed by atoms with Crippen LogP contribution in [0.1, 0.15) is 30.5 Å². The van der Waals surface area contributed by atoms with E-state index in [9.17, 15) is 0 Å². The molecule has 102 valence electrons. The summed E-state index contributed by atoms with van der Waals surface area (Å²) in [5.74, 6) is 1.62. The van der Waals surface area contributed by atoms with Gasteiger partial charge in [-0.15, -0.1) is 11.3 Å². The van der Waals surface area contributed by atoms with E-state index in [-0.39, 0.29) is 6.10 Å². The number of ether oxygens (including phenoxy) is 1. The van der Waals surface area contributed by atoms with Gasteiger partial charge in [-0.25, -0.2) is 4.98 Å². The van der Waals surface area contributed by atoms with E-state index in [1.807, 2.05) is 37.3 Å². The fourth-order valence-electron chi connectivity index (χ4n) is 1.75. The van der Waals surface area contributed by atoms with Crippen LogP contribution in [0, 0.1) is 0 Å². The van der Waals surface area contributed by atoms with Crippen molar-refractivity contribution in [1.29, 1.82) is 0 Å². The lowest BCUT2D eigenvalue weighted by Gasteiger charge is -2.13. The van der Waals surface area contributed by atoms with Crippen LogP contribution in [0.2, 0.25) is 0 Å². The van der Waals surface area contributed by atoms with Gasteiger partial charge in [0, 0.05) is 16.0 Å². The molecule has 4 heteroatoms. The molecule has 0 fully saturated rings. The van der Waals surface area contributed by atoms with E-state index < -0.39 is 0 Å².